The molecule has 2 N–H and O–H groups in total. The van der Waals surface area contributed by atoms with Gasteiger partial charge in [0.1, 0.15) is 17.2 Å². The summed E-state index contributed by atoms with van der Waals surface area (Å²) >= 11 is 5.18. The number of hydrogen-bond donors (Lipinski definition) is 2. The summed E-state index contributed by atoms with van der Waals surface area (Å²) in [5.41, 5.74) is 1.11. The maximum absolute atomic E-state index is 12.7. The summed E-state index contributed by atoms with van der Waals surface area (Å²) in [7, 11) is 0. The van der Waals surface area contributed by atoms with Crippen molar-refractivity contribution in [2.75, 3.05) is 11.5 Å². The third-order valence-corrected chi connectivity index (χ3v) is 4.27. The fraction of sp³-hybridized carbons (Fsp3) is 0.150. The molecule has 2 aromatic carbocycles. The van der Waals surface area contributed by atoms with Crippen LogP contribution in [0.15, 0.2) is 54.2 Å². The van der Waals surface area contributed by atoms with Crippen LogP contribution >= 0.6 is 12.2 Å². The monoisotopic (exact) mass is 452 g/mol. The smallest absolute Gasteiger partial charge is 0.493 e. The lowest BCUT2D eigenvalue weighted by Crippen LogP contribution is -2.30. The molecule has 0 aliphatic carbocycles. The number of thiocarbonyl (C=S) groups is 1. The van der Waals surface area contributed by atoms with Crippen molar-refractivity contribution in [1.82, 2.24) is 5.32 Å². The predicted molar refractivity (Wildman–Crippen MR) is 109 cm³/mol. The Labute approximate surface area is 179 Å². The second-order valence-electron chi connectivity index (χ2n) is 6.23. The molecule has 1 amide bonds. The first-order valence-electron chi connectivity index (χ1n) is 8.80. The number of nitrogens with zero attached hydrogens (tertiary/aromatic N) is 1. The molecule has 0 saturated carbocycles. The van der Waals surface area contributed by atoms with Gasteiger partial charge in [-0.15, -0.1) is 13.2 Å². The number of rotatable bonds is 7. The van der Waals surface area contributed by atoms with Crippen molar-refractivity contribution in [3.63, 3.8) is 0 Å². The molecule has 31 heavy (non-hydrogen) atoms. The fourth-order valence-corrected chi connectivity index (χ4v) is 2.95. The molecule has 0 atom stereocenters. The zero-order valence-corrected chi connectivity index (χ0v) is 16.5. The summed E-state index contributed by atoms with van der Waals surface area (Å²) in [6.07, 6.45) is -3.38. The number of ether oxygens (including phenoxy) is 2. The van der Waals surface area contributed by atoms with E-state index >= 15 is 0 Å². The van der Waals surface area contributed by atoms with Crippen molar-refractivity contribution >= 4 is 41.0 Å². The number of carboxylic acids is 1. The SMILES string of the molecule is O=C(O)CCOc1ccc(/C=C2\NC(=S)N(c3ccc(OC(F)(F)F)cc3)C2=O)cc1. The van der Waals surface area contributed by atoms with Gasteiger partial charge in [-0.3, -0.25) is 14.5 Å². The van der Waals surface area contributed by atoms with Crippen molar-refractivity contribution in [3.05, 3.63) is 59.8 Å². The first kappa shape index (κ1) is 22.1. The minimum absolute atomic E-state index is 0.0336. The standard InChI is InChI=1S/C20H15F3N2O5S/c21-20(22,23)30-15-7-3-13(4-8-15)25-18(28)16(24-19(25)31)11-12-1-5-14(6-2-12)29-10-9-17(26)27/h1-8,11H,9-10H2,(H,24,31)(H,26,27)/b16-11-. The van der Waals surface area contributed by atoms with Crippen LogP contribution in [-0.4, -0.2) is 35.1 Å². The van der Waals surface area contributed by atoms with Crippen LogP contribution in [0.25, 0.3) is 6.08 Å². The average Bonchev–Trinajstić information content (AvgIpc) is 2.96. The summed E-state index contributed by atoms with van der Waals surface area (Å²) in [5.74, 6) is -1.37. The van der Waals surface area contributed by atoms with Crippen molar-refractivity contribution in [2.24, 2.45) is 0 Å². The number of carbonyl (C=O) groups is 2. The topological polar surface area (TPSA) is 88.1 Å². The molecule has 0 radical (unpaired) electrons. The Hall–Kier alpha value is -3.60. The van der Waals surface area contributed by atoms with E-state index in [1.807, 2.05) is 0 Å². The van der Waals surface area contributed by atoms with Gasteiger partial charge in [0.25, 0.3) is 5.91 Å². The van der Waals surface area contributed by atoms with E-state index in [0.717, 1.165) is 17.0 Å². The Kier molecular flexibility index (Phi) is 6.44. The zero-order chi connectivity index (χ0) is 22.6. The number of hydrogen-bond acceptors (Lipinski definition) is 5. The lowest BCUT2D eigenvalue weighted by atomic mass is 10.2. The van der Waals surface area contributed by atoms with Crippen LogP contribution in [0.1, 0.15) is 12.0 Å². The van der Waals surface area contributed by atoms with E-state index in [1.165, 1.54) is 12.1 Å². The average molecular weight is 452 g/mol. The van der Waals surface area contributed by atoms with E-state index in [-0.39, 0.29) is 29.5 Å². The molecule has 162 valence electrons. The van der Waals surface area contributed by atoms with Gasteiger partial charge in [0.2, 0.25) is 0 Å². The number of alkyl halides is 3. The van der Waals surface area contributed by atoms with E-state index in [9.17, 15) is 22.8 Å². The van der Waals surface area contributed by atoms with Crippen LogP contribution < -0.4 is 19.7 Å². The van der Waals surface area contributed by atoms with E-state index in [2.05, 4.69) is 10.1 Å². The van der Waals surface area contributed by atoms with Gasteiger partial charge >= 0.3 is 12.3 Å². The van der Waals surface area contributed by atoms with Gasteiger partial charge in [0.05, 0.1) is 18.7 Å². The van der Waals surface area contributed by atoms with Crippen LogP contribution in [0.2, 0.25) is 0 Å². The van der Waals surface area contributed by atoms with Crippen molar-refractivity contribution in [2.45, 2.75) is 12.8 Å². The lowest BCUT2D eigenvalue weighted by molar-refractivity contribution is -0.274. The first-order chi connectivity index (χ1) is 14.6. The number of amides is 1. The second-order valence-corrected chi connectivity index (χ2v) is 6.62. The Bertz CT molecular complexity index is 1020. The minimum Gasteiger partial charge on any atom is -0.493 e. The lowest BCUT2D eigenvalue weighted by Gasteiger charge is -2.15. The highest BCUT2D eigenvalue weighted by Crippen LogP contribution is 2.28. The second kappa shape index (κ2) is 9.04. The molecule has 2 aromatic rings. The number of anilines is 1. The van der Waals surface area contributed by atoms with Crippen molar-refractivity contribution in [3.8, 4) is 11.5 Å². The highest BCUT2D eigenvalue weighted by molar-refractivity contribution is 7.80. The number of halogens is 3. The Morgan fingerprint density at radius 1 is 1.10 bits per heavy atom. The molecular weight excluding hydrogens is 437 g/mol. The molecule has 3 rings (SSSR count). The Morgan fingerprint density at radius 3 is 2.29 bits per heavy atom. The summed E-state index contributed by atoms with van der Waals surface area (Å²) < 4.78 is 46.0. The number of carboxylic acid groups (broad SMARTS) is 1. The molecular formula is C20H15F3N2O5S. The molecule has 0 aromatic heterocycles. The van der Waals surface area contributed by atoms with Gasteiger partial charge in [-0.25, -0.2) is 0 Å². The number of carbonyl (C=O) groups excluding carboxylic acids is 1. The van der Waals surface area contributed by atoms with E-state index in [0.29, 0.717) is 11.3 Å². The molecule has 0 spiro atoms. The zero-order valence-electron chi connectivity index (χ0n) is 15.7. The van der Waals surface area contributed by atoms with E-state index < -0.39 is 24.0 Å². The molecule has 11 heteroatoms. The molecule has 0 unspecified atom stereocenters. The van der Waals surface area contributed by atoms with Crippen LogP contribution in [0.4, 0.5) is 18.9 Å². The number of aliphatic carboxylic acids is 1. The van der Waals surface area contributed by atoms with Gasteiger partial charge < -0.3 is 19.9 Å². The van der Waals surface area contributed by atoms with Gasteiger partial charge in [0.15, 0.2) is 5.11 Å². The number of benzene rings is 2. The van der Waals surface area contributed by atoms with Crippen LogP contribution in [0.5, 0.6) is 11.5 Å². The third kappa shape index (κ3) is 5.95. The Morgan fingerprint density at radius 2 is 1.71 bits per heavy atom. The van der Waals surface area contributed by atoms with E-state index in [1.54, 1.807) is 30.3 Å². The Balaban J connectivity index is 1.69. The van der Waals surface area contributed by atoms with Crippen LogP contribution in [0.3, 0.4) is 0 Å². The molecule has 1 heterocycles. The first-order valence-corrected chi connectivity index (χ1v) is 9.21. The molecule has 7 nitrogen and oxygen atoms in total. The fourth-order valence-electron chi connectivity index (χ4n) is 2.65. The predicted octanol–water partition coefficient (Wildman–Crippen LogP) is 3.70. The van der Waals surface area contributed by atoms with Crippen molar-refractivity contribution < 1.29 is 37.3 Å². The molecule has 1 saturated heterocycles. The van der Waals surface area contributed by atoms with Gasteiger partial charge in [-0.05, 0) is 60.3 Å². The number of nitrogens with one attached hydrogen (secondary N) is 1. The molecule has 0 bridgehead atoms. The molecule has 1 fully saturated rings. The quantitative estimate of drug-likeness (QED) is 0.489. The van der Waals surface area contributed by atoms with Gasteiger partial charge in [-0.2, -0.15) is 0 Å². The minimum atomic E-state index is -4.81. The third-order valence-electron chi connectivity index (χ3n) is 3.98. The highest BCUT2D eigenvalue weighted by atomic mass is 32.1. The highest BCUT2D eigenvalue weighted by Gasteiger charge is 2.33. The van der Waals surface area contributed by atoms with Crippen LogP contribution in [-0.2, 0) is 9.59 Å². The largest absolute Gasteiger partial charge is 0.573 e. The normalized spacial score (nSPS) is 15.2. The maximum Gasteiger partial charge on any atom is 0.573 e. The molecule has 1 aliphatic heterocycles. The summed E-state index contributed by atoms with van der Waals surface area (Å²) in [6.45, 7) is 0.0336. The summed E-state index contributed by atoms with van der Waals surface area (Å²) in [4.78, 5) is 24.4. The van der Waals surface area contributed by atoms with E-state index in [4.69, 9.17) is 22.1 Å². The van der Waals surface area contributed by atoms with Gasteiger partial charge in [-0.1, -0.05) is 12.1 Å². The van der Waals surface area contributed by atoms with Crippen molar-refractivity contribution in [1.29, 1.82) is 0 Å². The van der Waals surface area contributed by atoms with Gasteiger partial charge in [0, 0.05) is 0 Å². The maximum atomic E-state index is 12.7. The summed E-state index contributed by atoms with van der Waals surface area (Å²) in [6, 6.07) is 11.4. The summed E-state index contributed by atoms with van der Waals surface area (Å²) in [5, 5.41) is 11.5. The molecule has 1 aliphatic rings. The van der Waals surface area contributed by atoms with Crippen LogP contribution in [0, 0.1) is 0 Å².